The molecule has 0 bridgehead atoms. The summed E-state index contributed by atoms with van der Waals surface area (Å²) >= 11 is 0. The van der Waals surface area contributed by atoms with E-state index in [0.717, 1.165) is 13.0 Å². The molecule has 0 radical (unpaired) electrons. The summed E-state index contributed by atoms with van der Waals surface area (Å²) in [6.07, 6.45) is 1.23. The van der Waals surface area contributed by atoms with Crippen LogP contribution in [0, 0.1) is 0 Å². The first-order valence-electron chi connectivity index (χ1n) is 3.35. The standard InChI is InChI=1S/C8H7F2NO/c1-6(12)8(9,10)7-4-2-3-5-11-7/h2-5H,1H3. The van der Waals surface area contributed by atoms with Gasteiger partial charge in [0, 0.05) is 13.1 Å². The van der Waals surface area contributed by atoms with E-state index in [1.165, 1.54) is 18.3 Å². The summed E-state index contributed by atoms with van der Waals surface area (Å²) in [4.78, 5) is 13.9. The summed E-state index contributed by atoms with van der Waals surface area (Å²) in [5.41, 5.74) is -0.502. The van der Waals surface area contributed by atoms with Crippen LogP contribution >= 0.6 is 0 Å². The number of alkyl halides is 2. The van der Waals surface area contributed by atoms with Gasteiger partial charge in [0.25, 0.3) is 0 Å². The van der Waals surface area contributed by atoms with E-state index >= 15 is 0 Å². The Bertz CT molecular complexity index is 284. The first-order valence-corrected chi connectivity index (χ1v) is 3.35. The summed E-state index contributed by atoms with van der Waals surface area (Å²) in [7, 11) is 0. The van der Waals surface area contributed by atoms with Crippen molar-refractivity contribution in [2.45, 2.75) is 12.8 Å². The van der Waals surface area contributed by atoms with Crippen molar-refractivity contribution < 1.29 is 13.6 Å². The highest BCUT2D eigenvalue weighted by molar-refractivity contribution is 5.83. The van der Waals surface area contributed by atoms with Crippen LogP contribution in [0.4, 0.5) is 8.78 Å². The molecule has 0 saturated carbocycles. The zero-order valence-electron chi connectivity index (χ0n) is 6.42. The average Bonchev–Trinajstić information content (AvgIpc) is 2.06. The Morgan fingerprint density at radius 2 is 2.17 bits per heavy atom. The number of nitrogens with zero attached hydrogens (tertiary/aromatic N) is 1. The number of aromatic nitrogens is 1. The SMILES string of the molecule is CC(=O)C(F)(F)c1ccccn1. The number of halogens is 2. The Morgan fingerprint density at radius 3 is 2.58 bits per heavy atom. The van der Waals surface area contributed by atoms with Gasteiger partial charge < -0.3 is 0 Å². The Morgan fingerprint density at radius 1 is 1.50 bits per heavy atom. The van der Waals surface area contributed by atoms with Crippen LogP contribution in [0.25, 0.3) is 0 Å². The summed E-state index contributed by atoms with van der Waals surface area (Å²) in [6, 6.07) is 4.06. The minimum Gasteiger partial charge on any atom is -0.293 e. The molecule has 1 aromatic rings. The quantitative estimate of drug-likeness (QED) is 0.678. The van der Waals surface area contributed by atoms with Crippen LogP contribution in [-0.2, 0) is 10.7 Å². The third kappa shape index (κ3) is 1.47. The molecule has 0 unspecified atom stereocenters. The maximum Gasteiger partial charge on any atom is 0.346 e. The van der Waals surface area contributed by atoms with Gasteiger partial charge in [-0.3, -0.25) is 9.78 Å². The third-order valence-electron chi connectivity index (χ3n) is 1.43. The highest BCUT2D eigenvalue weighted by Crippen LogP contribution is 2.26. The number of pyridine rings is 1. The van der Waals surface area contributed by atoms with Gasteiger partial charge in [-0.05, 0) is 12.1 Å². The Kier molecular flexibility index (Phi) is 2.17. The smallest absolute Gasteiger partial charge is 0.293 e. The summed E-state index contributed by atoms with van der Waals surface area (Å²) in [5, 5.41) is 0. The van der Waals surface area contributed by atoms with E-state index < -0.39 is 17.4 Å². The number of Topliss-reactive ketones (excluding diaryl/α,β-unsaturated/α-hetero) is 1. The number of carbonyl (C=O) groups excluding carboxylic acids is 1. The molecule has 0 saturated heterocycles. The lowest BCUT2D eigenvalue weighted by molar-refractivity contribution is -0.142. The minimum atomic E-state index is -3.46. The van der Waals surface area contributed by atoms with Gasteiger partial charge in [-0.25, -0.2) is 0 Å². The zero-order chi connectivity index (χ0) is 9.19. The topological polar surface area (TPSA) is 30.0 Å². The van der Waals surface area contributed by atoms with Crippen LogP contribution in [0.15, 0.2) is 24.4 Å². The van der Waals surface area contributed by atoms with Crippen molar-refractivity contribution in [2.24, 2.45) is 0 Å². The van der Waals surface area contributed by atoms with Crippen LogP contribution in [0.1, 0.15) is 12.6 Å². The molecular formula is C8H7F2NO. The van der Waals surface area contributed by atoms with Gasteiger partial charge in [-0.15, -0.1) is 0 Å². The normalized spacial score (nSPS) is 11.2. The second-order valence-corrected chi connectivity index (χ2v) is 2.35. The van der Waals surface area contributed by atoms with E-state index in [2.05, 4.69) is 4.98 Å². The molecule has 1 heterocycles. The van der Waals surface area contributed by atoms with Crippen molar-refractivity contribution >= 4 is 5.78 Å². The van der Waals surface area contributed by atoms with E-state index in [9.17, 15) is 13.6 Å². The van der Waals surface area contributed by atoms with Crippen molar-refractivity contribution in [2.75, 3.05) is 0 Å². The lowest BCUT2D eigenvalue weighted by Crippen LogP contribution is -2.24. The number of ketones is 1. The predicted molar refractivity (Wildman–Crippen MR) is 38.8 cm³/mol. The maximum atomic E-state index is 12.9. The van der Waals surface area contributed by atoms with Crippen LogP contribution in [0.3, 0.4) is 0 Å². The summed E-state index contributed by atoms with van der Waals surface area (Å²) in [5.74, 6) is -4.65. The second kappa shape index (κ2) is 2.97. The molecule has 2 nitrogen and oxygen atoms in total. The van der Waals surface area contributed by atoms with Crippen molar-refractivity contribution in [1.29, 1.82) is 0 Å². The summed E-state index contributed by atoms with van der Waals surface area (Å²) < 4.78 is 25.7. The second-order valence-electron chi connectivity index (χ2n) is 2.35. The van der Waals surface area contributed by atoms with E-state index in [-0.39, 0.29) is 0 Å². The molecule has 0 aliphatic heterocycles. The lowest BCUT2D eigenvalue weighted by atomic mass is 10.1. The number of hydrogen-bond donors (Lipinski definition) is 0. The Balaban J connectivity index is 3.06. The number of carbonyl (C=O) groups is 1. The molecule has 1 aromatic heterocycles. The molecule has 0 atom stereocenters. The molecule has 0 aromatic carbocycles. The molecule has 0 aliphatic rings. The predicted octanol–water partition coefficient (Wildman–Crippen LogP) is 1.76. The first kappa shape index (κ1) is 8.77. The van der Waals surface area contributed by atoms with Crippen molar-refractivity contribution in [1.82, 2.24) is 4.98 Å². The highest BCUT2D eigenvalue weighted by atomic mass is 19.3. The molecule has 1 rings (SSSR count). The van der Waals surface area contributed by atoms with E-state index in [1.807, 2.05) is 0 Å². The van der Waals surface area contributed by atoms with E-state index in [1.54, 1.807) is 0 Å². The molecule has 12 heavy (non-hydrogen) atoms. The third-order valence-corrected chi connectivity index (χ3v) is 1.43. The molecule has 0 amide bonds. The van der Waals surface area contributed by atoms with E-state index in [4.69, 9.17) is 0 Å². The Labute approximate surface area is 68.2 Å². The molecular weight excluding hydrogens is 164 g/mol. The van der Waals surface area contributed by atoms with E-state index in [0.29, 0.717) is 0 Å². The van der Waals surface area contributed by atoms with Gasteiger partial charge >= 0.3 is 5.92 Å². The molecule has 0 spiro atoms. The summed E-state index contributed by atoms with van der Waals surface area (Å²) in [6.45, 7) is 0.842. The highest BCUT2D eigenvalue weighted by Gasteiger charge is 2.38. The molecule has 4 heteroatoms. The maximum absolute atomic E-state index is 12.9. The van der Waals surface area contributed by atoms with Crippen LogP contribution in [-0.4, -0.2) is 10.8 Å². The van der Waals surface area contributed by atoms with Gasteiger partial charge in [-0.2, -0.15) is 8.78 Å². The van der Waals surface area contributed by atoms with Crippen molar-refractivity contribution in [3.63, 3.8) is 0 Å². The fourth-order valence-corrected chi connectivity index (χ4v) is 0.729. The first-order chi connectivity index (χ1) is 5.55. The number of rotatable bonds is 2. The van der Waals surface area contributed by atoms with Crippen molar-refractivity contribution in [3.8, 4) is 0 Å². The average molecular weight is 171 g/mol. The Hall–Kier alpha value is -1.32. The fourth-order valence-electron chi connectivity index (χ4n) is 0.729. The van der Waals surface area contributed by atoms with Gasteiger partial charge in [0.2, 0.25) is 5.78 Å². The fraction of sp³-hybridized carbons (Fsp3) is 0.250. The van der Waals surface area contributed by atoms with Crippen LogP contribution in [0.5, 0.6) is 0 Å². The van der Waals surface area contributed by atoms with Crippen LogP contribution < -0.4 is 0 Å². The minimum absolute atomic E-state index is 0.502. The molecule has 0 aliphatic carbocycles. The largest absolute Gasteiger partial charge is 0.346 e. The lowest BCUT2D eigenvalue weighted by Gasteiger charge is -2.10. The van der Waals surface area contributed by atoms with Crippen molar-refractivity contribution in [3.05, 3.63) is 30.1 Å². The van der Waals surface area contributed by atoms with Gasteiger partial charge in [0.1, 0.15) is 5.69 Å². The monoisotopic (exact) mass is 171 g/mol. The van der Waals surface area contributed by atoms with Gasteiger partial charge in [0.15, 0.2) is 0 Å². The molecule has 64 valence electrons. The zero-order valence-corrected chi connectivity index (χ0v) is 6.42. The molecule has 0 N–H and O–H groups in total. The molecule has 0 fully saturated rings. The van der Waals surface area contributed by atoms with Crippen LogP contribution in [0.2, 0.25) is 0 Å². The van der Waals surface area contributed by atoms with Gasteiger partial charge in [0.05, 0.1) is 0 Å². The number of hydrogen-bond acceptors (Lipinski definition) is 2. The van der Waals surface area contributed by atoms with Gasteiger partial charge in [-0.1, -0.05) is 6.07 Å².